The fourth-order valence-electron chi connectivity index (χ4n) is 2.06. The Morgan fingerprint density at radius 2 is 1.43 bits per heavy atom. The monoisotopic (exact) mass is 309 g/mol. The lowest BCUT2D eigenvalue weighted by Gasteiger charge is -2.09. The van der Waals surface area contributed by atoms with Gasteiger partial charge in [-0.05, 0) is 44.2 Å². The zero-order valence-corrected chi connectivity index (χ0v) is 12.8. The summed E-state index contributed by atoms with van der Waals surface area (Å²) < 4.78 is 0. The van der Waals surface area contributed by atoms with Crippen LogP contribution in [0, 0.1) is 0 Å². The minimum Gasteiger partial charge on any atom is -0.322 e. The number of benzene rings is 2. The van der Waals surface area contributed by atoms with Gasteiger partial charge in [-0.25, -0.2) is 0 Å². The van der Waals surface area contributed by atoms with Crippen LogP contribution in [0.25, 0.3) is 0 Å². The largest absolute Gasteiger partial charge is 0.322 e. The maximum absolute atomic E-state index is 12.3. The summed E-state index contributed by atoms with van der Waals surface area (Å²) in [6.45, 7) is 2.84. The van der Waals surface area contributed by atoms with Crippen LogP contribution in [0.4, 0.5) is 5.69 Å². The topological polar surface area (TPSA) is 80.3 Å². The van der Waals surface area contributed by atoms with Crippen LogP contribution in [0.3, 0.4) is 0 Å². The number of Topliss-reactive ketones (excluding diaryl/α,β-unsaturated/α-hetero) is 2. The molecule has 0 aliphatic heterocycles. The number of rotatable bonds is 5. The third-order valence-corrected chi connectivity index (χ3v) is 3.38. The van der Waals surface area contributed by atoms with E-state index in [1.165, 1.54) is 32.0 Å². The van der Waals surface area contributed by atoms with Crippen LogP contribution in [-0.4, -0.2) is 23.8 Å². The summed E-state index contributed by atoms with van der Waals surface area (Å²) in [4.78, 5) is 46.1. The summed E-state index contributed by atoms with van der Waals surface area (Å²) >= 11 is 0. The molecule has 23 heavy (non-hydrogen) atoms. The van der Waals surface area contributed by atoms with Crippen molar-refractivity contribution in [2.24, 2.45) is 0 Å². The van der Waals surface area contributed by atoms with Crippen LogP contribution in [-0.2, 0) is 0 Å². The van der Waals surface area contributed by atoms with Crippen LogP contribution in [0.1, 0.15) is 55.3 Å². The molecule has 1 N–H and O–H groups in total. The molecule has 0 radical (unpaired) electrons. The summed E-state index contributed by atoms with van der Waals surface area (Å²) in [6.07, 6.45) is 0.567. The molecular weight excluding hydrogens is 294 g/mol. The highest BCUT2D eigenvalue weighted by atomic mass is 16.2. The van der Waals surface area contributed by atoms with Crippen molar-refractivity contribution in [2.75, 3.05) is 5.32 Å². The number of carbonyl (C=O) groups is 4. The first-order valence-electron chi connectivity index (χ1n) is 6.95. The van der Waals surface area contributed by atoms with Crippen molar-refractivity contribution >= 4 is 29.4 Å². The molecule has 116 valence electrons. The van der Waals surface area contributed by atoms with Gasteiger partial charge in [0, 0.05) is 22.4 Å². The highest BCUT2D eigenvalue weighted by molar-refractivity contribution is 6.10. The van der Waals surface area contributed by atoms with Crippen LogP contribution in [0.15, 0.2) is 42.5 Å². The second kappa shape index (κ2) is 6.79. The molecule has 0 saturated carbocycles. The molecule has 0 spiro atoms. The predicted molar refractivity (Wildman–Crippen MR) is 86.2 cm³/mol. The Balaban J connectivity index is 2.29. The minimum absolute atomic E-state index is 0.0692. The van der Waals surface area contributed by atoms with Gasteiger partial charge in [-0.2, -0.15) is 0 Å². The number of nitrogens with one attached hydrogen (secondary N) is 1. The molecule has 0 bridgehead atoms. The number of ketones is 2. The first kappa shape index (κ1) is 16.3. The minimum atomic E-state index is -0.495. The predicted octanol–water partition coefficient (Wildman–Crippen LogP) is 3.16. The summed E-state index contributed by atoms with van der Waals surface area (Å²) in [7, 11) is 0. The van der Waals surface area contributed by atoms with Gasteiger partial charge in [-0.1, -0.05) is 12.1 Å². The standard InChI is InChI=1S/C18H15NO4/c1-11(21)13-5-7-16(8-6-13)19-18(23)17-9-14(12(2)22)3-4-15(17)10-20/h3-10H,1-2H3,(H,19,23). The normalized spacial score (nSPS) is 10.0. The fraction of sp³-hybridized carbons (Fsp3) is 0.111. The molecule has 0 aliphatic carbocycles. The molecule has 0 aliphatic rings. The Morgan fingerprint density at radius 3 is 1.96 bits per heavy atom. The van der Waals surface area contributed by atoms with Gasteiger partial charge in [-0.15, -0.1) is 0 Å². The zero-order chi connectivity index (χ0) is 17.0. The van der Waals surface area contributed by atoms with E-state index < -0.39 is 5.91 Å². The van der Waals surface area contributed by atoms with Crippen molar-refractivity contribution in [3.05, 3.63) is 64.7 Å². The van der Waals surface area contributed by atoms with Gasteiger partial charge in [0.2, 0.25) is 0 Å². The van der Waals surface area contributed by atoms with E-state index in [2.05, 4.69) is 5.32 Å². The molecule has 0 fully saturated rings. The Morgan fingerprint density at radius 1 is 0.870 bits per heavy atom. The Hall–Kier alpha value is -3.08. The maximum atomic E-state index is 12.3. The van der Waals surface area contributed by atoms with E-state index in [9.17, 15) is 19.2 Å². The molecule has 0 unspecified atom stereocenters. The van der Waals surface area contributed by atoms with E-state index in [1.807, 2.05) is 0 Å². The molecule has 0 atom stereocenters. The third-order valence-electron chi connectivity index (χ3n) is 3.38. The van der Waals surface area contributed by atoms with Gasteiger partial charge < -0.3 is 5.32 Å². The van der Waals surface area contributed by atoms with Crippen LogP contribution >= 0.6 is 0 Å². The van der Waals surface area contributed by atoms with Crippen molar-refractivity contribution in [1.82, 2.24) is 0 Å². The molecule has 2 rings (SSSR count). The van der Waals surface area contributed by atoms with Crippen LogP contribution < -0.4 is 5.32 Å². The van der Waals surface area contributed by atoms with E-state index in [0.717, 1.165) is 0 Å². The van der Waals surface area contributed by atoms with E-state index in [4.69, 9.17) is 0 Å². The van der Waals surface area contributed by atoms with Crippen LogP contribution in [0.5, 0.6) is 0 Å². The molecule has 0 heterocycles. The smallest absolute Gasteiger partial charge is 0.256 e. The highest BCUT2D eigenvalue weighted by Crippen LogP contribution is 2.15. The number of hydrogen-bond acceptors (Lipinski definition) is 4. The molecule has 5 heteroatoms. The Bertz CT molecular complexity index is 791. The summed E-state index contributed by atoms with van der Waals surface area (Å²) in [5.41, 5.74) is 1.71. The Labute approximate surface area is 133 Å². The van der Waals surface area contributed by atoms with Gasteiger partial charge in [-0.3, -0.25) is 19.2 Å². The van der Waals surface area contributed by atoms with Crippen molar-refractivity contribution in [3.8, 4) is 0 Å². The lowest BCUT2D eigenvalue weighted by atomic mass is 10.0. The van der Waals surface area contributed by atoms with Crippen molar-refractivity contribution in [2.45, 2.75) is 13.8 Å². The summed E-state index contributed by atoms with van der Waals surface area (Å²) in [6, 6.07) is 10.7. The lowest BCUT2D eigenvalue weighted by molar-refractivity contribution is 0.100. The molecular formula is C18H15NO4. The van der Waals surface area contributed by atoms with Gasteiger partial charge in [0.15, 0.2) is 17.9 Å². The van der Waals surface area contributed by atoms with E-state index >= 15 is 0 Å². The highest BCUT2D eigenvalue weighted by Gasteiger charge is 2.14. The van der Waals surface area contributed by atoms with Gasteiger partial charge in [0.25, 0.3) is 5.91 Å². The zero-order valence-electron chi connectivity index (χ0n) is 12.8. The average Bonchev–Trinajstić information content (AvgIpc) is 2.54. The lowest BCUT2D eigenvalue weighted by Crippen LogP contribution is -2.15. The van der Waals surface area contributed by atoms with E-state index in [-0.39, 0.29) is 22.7 Å². The molecule has 2 aromatic carbocycles. The number of amides is 1. The van der Waals surface area contributed by atoms with E-state index in [0.29, 0.717) is 23.1 Å². The molecule has 0 saturated heterocycles. The first-order chi connectivity index (χ1) is 10.9. The van der Waals surface area contributed by atoms with Gasteiger partial charge >= 0.3 is 0 Å². The number of aldehydes is 1. The fourth-order valence-corrected chi connectivity index (χ4v) is 2.06. The van der Waals surface area contributed by atoms with E-state index in [1.54, 1.807) is 24.3 Å². The molecule has 0 aromatic heterocycles. The summed E-state index contributed by atoms with van der Waals surface area (Å²) in [5, 5.41) is 2.64. The SMILES string of the molecule is CC(=O)c1ccc(NC(=O)c2cc(C(C)=O)ccc2C=O)cc1. The second-order valence-electron chi connectivity index (χ2n) is 5.06. The second-order valence-corrected chi connectivity index (χ2v) is 5.06. The molecule has 2 aromatic rings. The third kappa shape index (κ3) is 3.77. The average molecular weight is 309 g/mol. The van der Waals surface area contributed by atoms with Gasteiger partial charge in [0.1, 0.15) is 0 Å². The summed E-state index contributed by atoms with van der Waals surface area (Å²) in [5.74, 6) is -0.756. The Kier molecular flexibility index (Phi) is 4.81. The quantitative estimate of drug-likeness (QED) is 0.679. The number of hydrogen-bond donors (Lipinski definition) is 1. The number of anilines is 1. The first-order valence-corrected chi connectivity index (χ1v) is 6.95. The van der Waals surface area contributed by atoms with Gasteiger partial charge in [0.05, 0.1) is 5.56 Å². The maximum Gasteiger partial charge on any atom is 0.256 e. The van der Waals surface area contributed by atoms with Crippen molar-refractivity contribution in [3.63, 3.8) is 0 Å². The number of carbonyl (C=O) groups excluding carboxylic acids is 4. The molecule has 5 nitrogen and oxygen atoms in total. The van der Waals surface area contributed by atoms with Crippen molar-refractivity contribution < 1.29 is 19.2 Å². The van der Waals surface area contributed by atoms with Crippen molar-refractivity contribution in [1.29, 1.82) is 0 Å². The molecule has 1 amide bonds. The van der Waals surface area contributed by atoms with Crippen LogP contribution in [0.2, 0.25) is 0 Å².